The van der Waals surface area contributed by atoms with E-state index in [-0.39, 0.29) is 17.1 Å². The van der Waals surface area contributed by atoms with Crippen molar-refractivity contribution in [1.82, 2.24) is 5.32 Å². The van der Waals surface area contributed by atoms with E-state index in [1.165, 1.54) is 6.07 Å². The zero-order valence-electron chi connectivity index (χ0n) is 12.0. The van der Waals surface area contributed by atoms with Gasteiger partial charge >= 0.3 is 0 Å². The molecule has 0 bridgehead atoms. The lowest BCUT2D eigenvalue weighted by Gasteiger charge is -2.36. The summed E-state index contributed by atoms with van der Waals surface area (Å²) in [6.07, 6.45) is 4.96. The highest BCUT2D eigenvalue weighted by Crippen LogP contribution is 2.30. The van der Waals surface area contributed by atoms with E-state index in [2.05, 4.69) is 5.32 Å². The lowest BCUT2D eigenvalue weighted by atomic mass is 9.83. The monoisotopic (exact) mass is 310 g/mol. The first-order valence-electron chi connectivity index (χ1n) is 7.11. The van der Waals surface area contributed by atoms with Gasteiger partial charge in [0.05, 0.1) is 10.5 Å². The fourth-order valence-electron chi connectivity index (χ4n) is 2.78. The molecule has 1 saturated carbocycles. The molecular weight excluding hydrogens is 292 g/mol. The van der Waals surface area contributed by atoms with Crippen LogP contribution in [0, 0.1) is 17.0 Å². The topological polar surface area (TPSA) is 72.2 Å². The van der Waals surface area contributed by atoms with E-state index in [9.17, 15) is 14.9 Å². The van der Waals surface area contributed by atoms with Crippen LogP contribution in [0.3, 0.4) is 0 Å². The molecule has 0 spiro atoms. The summed E-state index contributed by atoms with van der Waals surface area (Å²) in [7, 11) is 0. The minimum atomic E-state index is -0.468. The number of alkyl halides is 1. The lowest BCUT2D eigenvalue weighted by molar-refractivity contribution is -0.385. The maximum Gasteiger partial charge on any atom is 0.273 e. The number of carbonyl (C=O) groups is 1. The van der Waals surface area contributed by atoms with Crippen LogP contribution in [0.15, 0.2) is 18.2 Å². The minimum absolute atomic E-state index is 0.0359. The van der Waals surface area contributed by atoms with Crippen molar-refractivity contribution in [3.8, 4) is 0 Å². The van der Waals surface area contributed by atoms with E-state index < -0.39 is 4.92 Å². The van der Waals surface area contributed by atoms with Crippen molar-refractivity contribution in [2.75, 3.05) is 5.88 Å². The maximum atomic E-state index is 12.4. The Bertz CT molecular complexity index is 554. The van der Waals surface area contributed by atoms with E-state index in [1.54, 1.807) is 19.1 Å². The van der Waals surface area contributed by atoms with Gasteiger partial charge < -0.3 is 5.32 Å². The number of hydrogen-bond acceptors (Lipinski definition) is 3. The summed E-state index contributed by atoms with van der Waals surface area (Å²) >= 11 is 6.05. The molecule has 21 heavy (non-hydrogen) atoms. The summed E-state index contributed by atoms with van der Waals surface area (Å²) in [5.41, 5.74) is 0.436. The number of nitro groups is 1. The van der Waals surface area contributed by atoms with E-state index in [0.717, 1.165) is 32.1 Å². The first-order valence-corrected chi connectivity index (χ1v) is 7.64. The average molecular weight is 311 g/mol. The van der Waals surface area contributed by atoms with Gasteiger partial charge in [-0.2, -0.15) is 0 Å². The van der Waals surface area contributed by atoms with Crippen molar-refractivity contribution >= 4 is 23.2 Å². The normalized spacial score (nSPS) is 17.2. The number of hydrogen-bond donors (Lipinski definition) is 1. The van der Waals surface area contributed by atoms with Gasteiger partial charge in [0.2, 0.25) is 0 Å². The molecule has 2 rings (SSSR count). The van der Waals surface area contributed by atoms with Gasteiger partial charge in [0, 0.05) is 23.1 Å². The summed E-state index contributed by atoms with van der Waals surface area (Å²) in [6.45, 7) is 1.65. The smallest absolute Gasteiger partial charge is 0.273 e. The first kappa shape index (κ1) is 15.8. The van der Waals surface area contributed by atoms with Gasteiger partial charge in [-0.3, -0.25) is 14.9 Å². The number of nitrogens with zero attached hydrogens (tertiary/aromatic N) is 1. The Morgan fingerprint density at radius 1 is 1.38 bits per heavy atom. The zero-order chi connectivity index (χ0) is 15.5. The first-order chi connectivity index (χ1) is 9.97. The second-order valence-electron chi connectivity index (χ2n) is 5.69. The van der Waals surface area contributed by atoms with E-state index in [0.29, 0.717) is 17.0 Å². The molecule has 0 unspecified atom stereocenters. The Balaban J connectivity index is 2.20. The van der Waals surface area contributed by atoms with Crippen LogP contribution in [0.5, 0.6) is 0 Å². The number of benzene rings is 1. The largest absolute Gasteiger partial charge is 0.345 e. The molecule has 1 amide bonds. The molecule has 1 fully saturated rings. The van der Waals surface area contributed by atoms with Crippen molar-refractivity contribution < 1.29 is 9.72 Å². The van der Waals surface area contributed by atoms with Crippen LogP contribution in [0.1, 0.15) is 48.0 Å². The molecule has 0 aromatic heterocycles. The number of nitrogens with one attached hydrogen (secondary N) is 1. The highest BCUT2D eigenvalue weighted by molar-refractivity contribution is 6.19. The molecule has 0 radical (unpaired) electrons. The second kappa shape index (κ2) is 6.43. The van der Waals surface area contributed by atoms with E-state index in [4.69, 9.17) is 11.6 Å². The number of aryl methyl sites for hydroxylation is 1. The molecule has 1 N–H and O–H groups in total. The van der Waals surface area contributed by atoms with Crippen LogP contribution in [0.25, 0.3) is 0 Å². The Kier molecular flexibility index (Phi) is 4.83. The maximum absolute atomic E-state index is 12.4. The standard InChI is InChI=1S/C15H19ClN2O3/c1-11-5-6-12(9-13(11)18(20)21)14(19)17-15(10-16)7-3-2-4-8-15/h5-6,9H,2-4,7-8,10H2,1H3,(H,17,19). The fourth-order valence-corrected chi connectivity index (χ4v) is 3.12. The molecule has 0 heterocycles. The third kappa shape index (κ3) is 3.53. The van der Waals surface area contributed by atoms with Crippen LogP contribution in [0.4, 0.5) is 5.69 Å². The van der Waals surface area contributed by atoms with E-state index >= 15 is 0 Å². The van der Waals surface area contributed by atoms with Crippen LogP contribution in [-0.4, -0.2) is 22.2 Å². The Morgan fingerprint density at radius 3 is 2.62 bits per heavy atom. The van der Waals surface area contributed by atoms with Crippen molar-refractivity contribution in [3.63, 3.8) is 0 Å². The van der Waals surface area contributed by atoms with Crippen LogP contribution in [-0.2, 0) is 0 Å². The van der Waals surface area contributed by atoms with Gasteiger partial charge in [-0.1, -0.05) is 25.3 Å². The van der Waals surface area contributed by atoms with Crippen LogP contribution >= 0.6 is 11.6 Å². The zero-order valence-corrected chi connectivity index (χ0v) is 12.8. The van der Waals surface area contributed by atoms with Gasteiger partial charge in [0.25, 0.3) is 11.6 Å². The third-order valence-electron chi connectivity index (χ3n) is 4.11. The molecule has 1 aromatic carbocycles. The SMILES string of the molecule is Cc1ccc(C(=O)NC2(CCl)CCCCC2)cc1[N+](=O)[O-]. The molecule has 0 saturated heterocycles. The van der Waals surface area contributed by atoms with Crippen LogP contribution in [0.2, 0.25) is 0 Å². The summed E-state index contributed by atoms with van der Waals surface area (Å²) in [4.78, 5) is 22.9. The minimum Gasteiger partial charge on any atom is -0.345 e. The summed E-state index contributed by atoms with van der Waals surface area (Å²) in [5.74, 6) is 0.0767. The third-order valence-corrected chi connectivity index (χ3v) is 4.62. The van der Waals surface area contributed by atoms with Crippen molar-refractivity contribution in [2.45, 2.75) is 44.6 Å². The second-order valence-corrected chi connectivity index (χ2v) is 5.95. The number of nitro benzene ring substituents is 1. The average Bonchev–Trinajstić information content (AvgIpc) is 2.48. The van der Waals surface area contributed by atoms with Gasteiger partial charge in [0.15, 0.2) is 0 Å². The van der Waals surface area contributed by atoms with Crippen molar-refractivity contribution in [1.29, 1.82) is 0 Å². The molecule has 1 aliphatic carbocycles. The van der Waals surface area contributed by atoms with Gasteiger partial charge in [-0.25, -0.2) is 0 Å². The van der Waals surface area contributed by atoms with Crippen molar-refractivity contribution in [2.24, 2.45) is 0 Å². The summed E-state index contributed by atoms with van der Waals surface area (Å²) < 4.78 is 0. The molecule has 5 nitrogen and oxygen atoms in total. The van der Waals surface area contributed by atoms with Gasteiger partial charge in [-0.15, -0.1) is 11.6 Å². The van der Waals surface area contributed by atoms with E-state index in [1.807, 2.05) is 0 Å². The quantitative estimate of drug-likeness (QED) is 0.525. The Labute approximate surface area is 128 Å². The molecule has 0 atom stereocenters. The molecule has 6 heteroatoms. The number of amides is 1. The summed E-state index contributed by atoms with van der Waals surface area (Å²) in [6, 6.07) is 4.54. The summed E-state index contributed by atoms with van der Waals surface area (Å²) in [5, 5.41) is 13.9. The molecule has 114 valence electrons. The molecule has 1 aliphatic rings. The predicted octanol–water partition coefficient (Wildman–Crippen LogP) is 3.57. The molecular formula is C15H19ClN2O3. The number of rotatable bonds is 4. The lowest BCUT2D eigenvalue weighted by Crippen LogP contribution is -2.51. The van der Waals surface area contributed by atoms with Crippen LogP contribution < -0.4 is 5.32 Å². The Hall–Kier alpha value is -1.62. The highest BCUT2D eigenvalue weighted by atomic mass is 35.5. The Morgan fingerprint density at radius 2 is 2.05 bits per heavy atom. The highest BCUT2D eigenvalue weighted by Gasteiger charge is 2.33. The number of carbonyl (C=O) groups excluding carboxylic acids is 1. The van der Waals surface area contributed by atoms with Gasteiger partial charge in [0.1, 0.15) is 0 Å². The predicted molar refractivity (Wildman–Crippen MR) is 81.8 cm³/mol. The molecule has 0 aliphatic heterocycles. The fraction of sp³-hybridized carbons (Fsp3) is 0.533. The molecule has 1 aromatic rings. The van der Waals surface area contributed by atoms with Crippen molar-refractivity contribution in [3.05, 3.63) is 39.4 Å². The van der Waals surface area contributed by atoms with Gasteiger partial charge in [-0.05, 0) is 25.8 Å². The number of halogens is 1.